The van der Waals surface area contributed by atoms with Crippen LogP contribution in [0.3, 0.4) is 0 Å². The fourth-order valence-corrected chi connectivity index (χ4v) is 2.52. The van der Waals surface area contributed by atoms with Gasteiger partial charge in [-0.05, 0) is 30.5 Å². The largest absolute Gasteiger partial charge is 0.330 e. The van der Waals surface area contributed by atoms with Crippen molar-refractivity contribution in [2.75, 3.05) is 6.54 Å². The first-order chi connectivity index (χ1) is 8.50. The topological polar surface area (TPSA) is 38.9 Å². The second-order valence-electron chi connectivity index (χ2n) is 5.20. The predicted molar refractivity (Wildman–Crippen MR) is 74.0 cm³/mol. The highest BCUT2D eigenvalue weighted by atomic mass is 32.1. The molecule has 2 aromatic rings. The average Bonchev–Trinajstić information content (AvgIpc) is 2.77. The summed E-state index contributed by atoms with van der Waals surface area (Å²) >= 11 is 1.54. The summed E-state index contributed by atoms with van der Waals surface area (Å²) < 4.78 is 13.1. The standard InChI is InChI=1S/C14H17FN2S/c1-14(2,9-16)7-12-8-18-13(17-12)10-4-3-5-11(15)6-10/h3-6,8H,7,9,16H2,1-2H3. The van der Waals surface area contributed by atoms with E-state index in [9.17, 15) is 4.39 Å². The van der Waals surface area contributed by atoms with E-state index in [0.717, 1.165) is 22.7 Å². The van der Waals surface area contributed by atoms with Gasteiger partial charge in [0.15, 0.2) is 0 Å². The van der Waals surface area contributed by atoms with E-state index in [4.69, 9.17) is 5.73 Å². The van der Waals surface area contributed by atoms with E-state index in [0.29, 0.717) is 6.54 Å². The molecule has 0 unspecified atom stereocenters. The van der Waals surface area contributed by atoms with Crippen LogP contribution in [-0.4, -0.2) is 11.5 Å². The maximum absolute atomic E-state index is 13.1. The zero-order valence-electron chi connectivity index (χ0n) is 10.6. The highest BCUT2D eigenvalue weighted by Crippen LogP contribution is 2.27. The van der Waals surface area contributed by atoms with Crippen LogP contribution in [0.1, 0.15) is 19.5 Å². The Morgan fingerprint density at radius 2 is 2.17 bits per heavy atom. The summed E-state index contributed by atoms with van der Waals surface area (Å²) in [7, 11) is 0. The van der Waals surface area contributed by atoms with E-state index in [1.807, 2.05) is 11.4 Å². The normalized spacial score (nSPS) is 11.8. The summed E-state index contributed by atoms with van der Waals surface area (Å²) in [6, 6.07) is 6.53. The number of halogens is 1. The number of benzene rings is 1. The number of hydrogen-bond donors (Lipinski definition) is 1. The third-order valence-electron chi connectivity index (χ3n) is 2.84. The Labute approximate surface area is 111 Å². The smallest absolute Gasteiger partial charge is 0.123 e. The molecule has 0 fully saturated rings. The molecule has 0 atom stereocenters. The van der Waals surface area contributed by atoms with Gasteiger partial charge in [0.25, 0.3) is 0 Å². The Morgan fingerprint density at radius 1 is 1.39 bits per heavy atom. The molecule has 18 heavy (non-hydrogen) atoms. The van der Waals surface area contributed by atoms with Crippen LogP contribution in [-0.2, 0) is 6.42 Å². The van der Waals surface area contributed by atoms with Crippen LogP contribution >= 0.6 is 11.3 Å². The van der Waals surface area contributed by atoms with E-state index in [2.05, 4.69) is 18.8 Å². The number of hydrogen-bond acceptors (Lipinski definition) is 3. The maximum atomic E-state index is 13.1. The summed E-state index contributed by atoms with van der Waals surface area (Å²) in [6.45, 7) is 4.86. The van der Waals surface area contributed by atoms with Gasteiger partial charge in [-0.2, -0.15) is 0 Å². The molecule has 2 nitrogen and oxygen atoms in total. The summed E-state index contributed by atoms with van der Waals surface area (Å²) in [5.74, 6) is -0.230. The van der Waals surface area contributed by atoms with Gasteiger partial charge in [-0.3, -0.25) is 0 Å². The fourth-order valence-electron chi connectivity index (χ4n) is 1.70. The Hall–Kier alpha value is -1.26. The molecule has 0 aliphatic rings. The number of nitrogens with zero attached hydrogens (tertiary/aromatic N) is 1. The van der Waals surface area contributed by atoms with E-state index in [-0.39, 0.29) is 11.2 Å². The highest BCUT2D eigenvalue weighted by Gasteiger charge is 2.18. The lowest BCUT2D eigenvalue weighted by Gasteiger charge is -2.20. The number of aromatic nitrogens is 1. The molecule has 0 amide bonds. The Morgan fingerprint density at radius 3 is 2.83 bits per heavy atom. The van der Waals surface area contributed by atoms with Crippen molar-refractivity contribution in [2.24, 2.45) is 11.1 Å². The quantitative estimate of drug-likeness (QED) is 0.918. The molecule has 4 heteroatoms. The predicted octanol–water partition coefficient (Wildman–Crippen LogP) is 3.48. The molecule has 0 saturated carbocycles. The summed E-state index contributed by atoms with van der Waals surface area (Å²) in [6.07, 6.45) is 0.843. The average molecular weight is 264 g/mol. The highest BCUT2D eigenvalue weighted by molar-refractivity contribution is 7.13. The second-order valence-corrected chi connectivity index (χ2v) is 6.06. The number of nitrogens with two attached hydrogens (primary N) is 1. The van der Waals surface area contributed by atoms with Crippen molar-refractivity contribution in [3.05, 3.63) is 41.2 Å². The molecular weight excluding hydrogens is 247 g/mol. The van der Waals surface area contributed by atoms with Crippen molar-refractivity contribution >= 4 is 11.3 Å². The molecule has 1 aromatic heterocycles. The summed E-state index contributed by atoms with van der Waals surface area (Å²) in [5.41, 5.74) is 7.62. The minimum Gasteiger partial charge on any atom is -0.330 e. The van der Waals surface area contributed by atoms with Crippen LogP contribution in [0, 0.1) is 11.2 Å². The zero-order chi connectivity index (χ0) is 13.2. The second kappa shape index (κ2) is 5.16. The molecule has 1 aromatic carbocycles. The van der Waals surface area contributed by atoms with E-state index < -0.39 is 0 Å². The van der Waals surface area contributed by atoms with Crippen molar-refractivity contribution in [1.82, 2.24) is 4.98 Å². The molecule has 0 saturated heterocycles. The Balaban J connectivity index is 2.21. The van der Waals surface area contributed by atoms with Gasteiger partial charge < -0.3 is 5.73 Å². The van der Waals surface area contributed by atoms with Crippen LogP contribution in [0.2, 0.25) is 0 Å². The third-order valence-corrected chi connectivity index (χ3v) is 3.78. The molecular formula is C14H17FN2S. The summed E-state index contributed by atoms with van der Waals surface area (Å²) in [4.78, 5) is 4.55. The van der Waals surface area contributed by atoms with Crippen molar-refractivity contribution in [2.45, 2.75) is 20.3 Å². The first kappa shape index (κ1) is 13.2. The van der Waals surface area contributed by atoms with Crippen LogP contribution in [0.5, 0.6) is 0 Å². The molecule has 2 rings (SSSR count). The van der Waals surface area contributed by atoms with E-state index in [1.165, 1.54) is 12.1 Å². The molecule has 0 aliphatic carbocycles. The first-order valence-electron chi connectivity index (χ1n) is 5.90. The molecule has 0 aliphatic heterocycles. The van der Waals surface area contributed by atoms with Gasteiger partial charge >= 0.3 is 0 Å². The van der Waals surface area contributed by atoms with Gasteiger partial charge in [0.05, 0.1) is 5.69 Å². The summed E-state index contributed by atoms with van der Waals surface area (Å²) in [5, 5.41) is 2.88. The number of thiazole rings is 1. The molecule has 0 radical (unpaired) electrons. The maximum Gasteiger partial charge on any atom is 0.123 e. The van der Waals surface area contributed by atoms with Gasteiger partial charge in [-0.15, -0.1) is 11.3 Å². The molecule has 0 spiro atoms. The minimum atomic E-state index is -0.230. The molecule has 96 valence electrons. The minimum absolute atomic E-state index is 0.0489. The Kier molecular flexibility index (Phi) is 3.78. The fraction of sp³-hybridized carbons (Fsp3) is 0.357. The van der Waals surface area contributed by atoms with Crippen LogP contribution in [0.15, 0.2) is 29.6 Å². The third kappa shape index (κ3) is 3.15. The van der Waals surface area contributed by atoms with Crippen LogP contribution in [0.25, 0.3) is 10.6 Å². The van der Waals surface area contributed by atoms with E-state index >= 15 is 0 Å². The molecule has 2 N–H and O–H groups in total. The van der Waals surface area contributed by atoms with Gasteiger partial charge in [-0.25, -0.2) is 9.37 Å². The monoisotopic (exact) mass is 264 g/mol. The van der Waals surface area contributed by atoms with Crippen molar-refractivity contribution in [1.29, 1.82) is 0 Å². The van der Waals surface area contributed by atoms with Crippen LogP contribution in [0.4, 0.5) is 4.39 Å². The lowest BCUT2D eigenvalue weighted by atomic mass is 9.88. The lowest BCUT2D eigenvalue weighted by molar-refractivity contribution is 0.373. The van der Waals surface area contributed by atoms with Crippen molar-refractivity contribution in [3.8, 4) is 10.6 Å². The Bertz CT molecular complexity index is 534. The van der Waals surface area contributed by atoms with Gasteiger partial charge in [0.1, 0.15) is 10.8 Å². The van der Waals surface area contributed by atoms with Gasteiger partial charge in [0, 0.05) is 10.9 Å². The SMILES string of the molecule is CC(C)(CN)Cc1csc(-c2cccc(F)c2)n1. The zero-order valence-corrected chi connectivity index (χ0v) is 11.4. The molecule has 0 bridgehead atoms. The van der Waals surface area contributed by atoms with Crippen LogP contribution < -0.4 is 5.73 Å². The lowest BCUT2D eigenvalue weighted by Crippen LogP contribution is -2.26. The van der Waals surface area contributed by atoms with Gasteiger partial charge in [-0.1, -0.05) is 26.0 Å². The number of rotatable bonds is 4. The van der Waals surface area contributed by atoms with Crippen molar-refractivity contribution < 1.29 is 4.39 Å². The first-order valence-corrected chi connectivity index (χ1v) is 6.78. The van der Waals surface area contributed by atoms with Gasteiger partial charge in [0.2, 0.25) is 0 Å². The molecule has 1 heterocycles. The van der Waals surface area contributed by atoms with Crippen molar-refractivity contribution in [3.63, 3.8) is 0 Å². The van der Waals surface area contributed by atoms with E-state index in [1.54, 1.807) is 17.4 Å².